The van der Waals surface area contributed by atoms with Crippen LogP contribution in [0, 0.1) is 0 Å². The lowest BCUT2D eigenvalue weighted by molar-refractivity contribution is 0.481. The third kappa shape index (κ3) is 1.41. The maximum Gasteiger partial charge on any atom is 0.137 e. The molecule has 0 radical (unpaired) electrons. The molecule has 2 rings (SSSR count). The fraction of sp³-hybridized carbons (Fsp3) is 0.100. The van der Waals surface area contributed by atoms with Gasteiger partial charge in [-0.1, -0.05) is 23.7 Å². The predicted molar refractivity (Wildman–Crippen MR) is 56.3 cm³/mol. The Hall–Kier alpha value is -1.32. The number of fused-ring (bicyclic) bond motifs is 1. The molecule has 0 amide bonds. The van der Waals surface area contributed by atoms with Crippen LogP contribution in [0.5, 0.6) is 5.75 Å². The number of nitrogens with two attached hydrogens (primary N) is 1. The SMILES string of the molecule is NCc1cc2c(O)cccc2c(Cl)n1. The van der Waals surface area contributed by atoms with Gasteiger partial charge in [-0.25, -0.2) is 4.98 Å². The minimum atomic E-state index is 0.196. The van der Waals surface area contributed by atoms with Crippen LogP contribution in [-0.2, 0) is 6.54 Å². The van der Waals surface area contributed by atoms with E-state index < -0.39 is 0 Å². The highest BCUT2D eigenvalue weighted by Crippen LogP contribution is 2.29. The lowest BCUT2D eigenvalue weighted by Crippen LogP contribution is -1.99. The van der Waals surface area contributed by atoms with Crippen molar-refractivity contribution in [3.05, 3.63) is 35.1 Å². The Morgan fingerprint density at radius 1 is 1.36 bits per heavy atom. The summed E-state index contributed by atoms with van der Waals surface area (Å²) in [6.07, 6.45) is 0. The molecule has 0 aliphatic carbocycles. The number of phenolic OH excluding ortho intramolecular Hbond substituents is 1. The molecule has 14 heavy (non-hydrogen) atoms. The number of hydrogen-bond acceptors (Lipinski definition) is 3. The van der Waals surface area contributed by atoms with E-state index in [-0.39, 0.29) is 5.75 Å². The summed E-state index contributed by atoms with van der Waals surface area (Å²) in [6, 6.07) is 6.90. The van der Waals surface area contributed by atoms with Crippen LogP contribution in [-0.4, -0.2) is 10.1 Å². The number of aromatic hydroxyl groups is 1. The molecule has 2 aromatic rings. The van der Waals surface area contributed by atoms with Gasteiger partial charge < -0.3 is 10.8 Å². The smallest absolute Gasteiger partial charge is 0.137 e. The van der Waals surface area contributed by atoms with Gasteiger partial charge in [0, 0.05) is 17.3 Å². The number of nitrogens with zero attached hydrogens (tertiary/aromatic N) is 1. The van der Waals surface area contributed by atoms with E-state index in [9.17, 15) is 5.11 Å². The van der Waals surface area contributed by atoms with Crippen molar-refractivity contribution in [2.24, 2.45) is 5.73 Å². The van der Waals surface area contributed by atoms with Crippen LogP contribution >= 0.6 is 11.6 Å². The van der Waals surface area contributed by atoms with Crippen LogP contribution in [0.4, 0.5) is 0 Å². The van der Waals surface area contributed by atoms with Gasteiger partial charge >= 0.3 is 0 Å². The summed E-state index contributed by atoms with van der Waals surface area (Å²) in [5.41, 5.74) is 6.13. The Bertz CT molecular complexity index is 485. The van der Waals surface area contributed by atoms with Gasteiger partial charge in [-0.3, -0.25) is 0 Å². The Morgan fingerprint density at radius 2 is 2.14 bits per heavy atom. The van der Waals surface area contributed by atoms with Crippen molar-refractivity contribution in [3.63, 3.8) is 0 Å². The first-order valence-corrected chi connectivity index (χ1v) is 4.57. The van der Waals surface area contributed by atoms with E-state index in [2.05, 4.69) is 4.98 Å². The highest BCUT2D eigenvalue weighted by atomic mass is 35.5. The molecule has 1 aromatic heterocycles. The molecule has 0 atom stereocenters. The second kappa shape index (κ2) is 3.44. The average molecular weight is 209 g/mol. The van der Waals surface area contributed by atoms with Gasteiger partial charge in [-0.15, -0.1) is 0 Å². The number of rotatable bonds is 1. The summed E-state index contributed by atoms with van der Waals surface area (Å²) in [4.78, 5) is 4.09. The molecule has 0 saturated heterocycles. The number of phenols is 1. The van der Waals surface area contributed by atoms with Gasteiger partial charge in [0.1, 0.15) is 10.9 Å². The van der Waals surface area contributed by atoms with Crippen LogP contribution < -0.4 is 5.73 Å². The van der Waals surface area contributed by atoms with Gasteiger partial charge in [-0.05, 0) is 12.1 Å². The first-order valence-electron chi connectivity index (χ1n) is 4.19. The first-order chi connectivity index (χ1) is 6.72. The average Bonchev–Trinajstić information content (AvgIpc) is 2.19. The van der Waals surface area contributed by atoms with Crippen LogP contribution in [0.1, 0.15) is 5.69 Å². The standard InChI is InChI=1S/C10H9ClN2O/c11-10-7-2-1-3-9(14)8(7)4-6(5-12)13-10/h1-4,14H,5,12H2. The van der Waals surface area contributed by atoms with Crippen LogP contribution in [0.15, 0.2) is 24.3 Å². The fourth-order valence-electron chi connectivity index (χ4n) is 1.37. The number of benzene rings is 1. The molecule has 1 heterocycles. The second-order valence-electron chi connectivity index (χ2n) is 2.98. The van der Waals surface area contributed by atoms with Crippen molar-refractivity contribution in [1.29, 1.82) is 0 Å². The molecule has 0 aliphatic heterocycles. The lowest BCUT2D eigenvalue weighted by Gasteiger charge is -2.04. The van der Waals surface area contributed by atoms with Gasteiger partial charge in [0.2, 0.25) is 0 Å². The number of pyridine rings is 1. The molecule has 3 nitrogen and oxygen atoms in total. The second-order valence-corrected chi connectivity index (χ2v) is 3.34. The topological polar surface area (TPSA) is 59.1 Å². The lowest BCUT2D eigenvalue weighted by atomic mass is 10.1. The number of aromatic nitrogens is 1. The zero-order valence-corrected chi connectivity index (χ0v) is 8.12. The Balaban J connectivity index is 2.83. The third-order valence-corrected chi connectivity index (χ3v) is 2.36. The minimum absolute atomic E-state index is 0.196. The molecule has 1 aromatic carbocycles. The molecular weight excluding hydrogens is 200 g/mol. The summed E-state index contributed by atoms with van der Waals surface area (Å²) in [5, 5.41) is 11.4. The normalized spacial score (nSPS) is 10.7. The van der Waals surface area contributed by atoms with E-state index in [0.717, 1.165) is 5.39 Å². The zero-order chi connectivity index (χ0) is 10.1. The molecule has 4 heteroatoms. The van der Waals surface area contributed by atoms with Gasteiger partial charge in [0.05, 0.1) is 5.69 Å². The summed E-state index contributed by atoms with van der Waals surface area (Å²) in [7, 11) is 0. The van der Waals surface area contributed by atoms with E-state index >= 15 is 0 Å². The van der Waals surface area contributed by atoms with Crippen molar-refractivity contribution in [3.8, 4) is 5.75 Å². The molecular formula is C10H9ClN2O. The molecule has 0 saturated carbocycles. The van der Waals surface area contributed by atoms with Crippen LogP contribution in [0.25, 0.3) is 10.8 Å². The minimum Gasteiger partial charge on any atom is -0.507 e. The summed E-state index contributed by atoms with van der Waals surface area (Å²) < 4.78 is 0. The summed E-state index contributed by atoms with van der Waals surface area (Å²) in [5.74, 6) is 0.196. The van der Waals surface area contributed by atoms with Gasteiger partial charge in [-0.2, -0.15) is 0 Å². The first kappa shape index (κ1) is 9.24. The van der Waals surface area contributed by atoms with E-state index in [0.29, 0.717) is 22.8 Å². The molecule has 0 fully saturated rings. The van der Waals surface area contributed by atoms with E-state index in [1.165, 1.54) is 0 Å². The monoisotopic (exact) mass is 208 g/mol. The molecule has 72 valence electrons. The molecule has 0 spiro atoms. The molecule has 0 unspecified atom stereocenters. The van der Waals surface area contributed by atoms with Crippen molar-refractivity contribution < 1.29 is 5.11 Å². The van der Waals surface area contributed by atoms with Crippen molar-refractivity contribution in [2.45, 2.75) is 6.54 Å². The Labute approximate surface area is 86.1 Å². The summed E-state index contributed by atoms with van der Waals surface area (Å²) in [6.45, 7) is 0.310. The van der Waals surface area contributed by atoms with Crippen molar-refractivity contribution in [1.82, 2.24) is 4.98 Å². The number of hydrogen-bond donors (Lipinski definition) is 2. The maximum atomic E-state index is 9.59. The zero-order valence-electron chi connectivity index (χ0n) is 7.37. The molecule has 0 bridgehead atoms. The fourth-order valence-corrected chi connectivity index (χ4v) is 1.65. The van der Waals surface area contributed by atoms with Crippen molar-refractivity contribution >= 4 is 22.4 Å². The Kier molecular flexibility index (Phi) is 2.27. The van der Waals surface area contributed by atoms with Crippen LogP contribution in [0.2, 0.25) is 5.15 Å². The van der Waals surface area contributed by atoms with E-state index in [4.69, 9.17) is 17.3 Å². The highest BCUT2D eigenvalue weighted by Gasteiger charge is 2.05. The summed E-state index contributed by atoms with van der Waals surface area (Å²) >= 11 is 5.94. The Morgan fingerprint density at radius 3 is 2.86 bits per heavy atom. The van der Waals surface area contributed by atoms with E-state index in [1.54, 1.807) is 18.2 Å². The quantitative estimate of drug-likeness (QED) is 0.706. The predicted octanol–water partition coefficient (Wildman–Crippen LogP) is 2.05. The van der Waals surface area contributed by atoms with Gasteiger partial charge in [0.15, 0.2) is 0 Å². The van der Waals surface area contributed by atoms with Crippen LogP contribution in [0.3, 0.4) is 0 Å². The largest absolute Gasteiger partial charge is 0.507 e. The molecule has 0 aliphatic rings. The molecule has 3 N–H and O–H groups in total. The van der Waals surface area contributed by atoms with E-state index in [1.807, 2.05) is 6.07 Å². The van der Waals surface area contributed by atoms with Crippen molar-refractivity contribution in [2.75, 3.05) is 0 Å². The highest BCUT2D eigenvalue weighted by molar-refractivity contribution is 6.34. The van der Waals surface area contributed by atoms with Gasteiger partial charge in [0.25, 0.3) is 0 Å². The maximum absolute atomic E-state index is 9.59. The number of halogens is 1. The third-order valence-electron chi connectivity index (χ3n) is 2.07.